The predicted molar refractivity (Wildman–Crippen MR) is 77.2 cm³/mol. The van der Waals surface area contributed by atoms with Crippen LogP contribution in [0.3, 0.4) is 0 Å². The number of hydrogen-bond acceptors (Lipinski definition) is 4. The van der Waals surface area contributed by atoms with Crippen LogP contribution in [-0.4, -0.2) is 35.7 Å². The molecular weight excluding hydrogens is 238 g/mol. The summed E-state index contributed by atoms with van der Waals surface area (Å²) in [5, 5.41) is 7.75. The second kappa shape index (κ2) is 6.06. The zero-order valence-electron chi connectivity index (χ0n) is 12.9. The number of aryl methyl sites for hydroxylation is 2. The first kappa shape index (κ1) is 14.5. The van der Waals surface area contributed by atoms with Gasteiger partial charge in [0.15, 0.2) is 0 Å². The Kier molecular flexibility index (Phi) is 4.63. The van der Waals surface area contributed by atoms with Crippen molar-refractivity contribution < 1.29 is 4.52 Å². The van der Waals surface area contributed by atoms with Gasteiger partial charge in [0.1, 0.15) is 5.76 Å². The highest BCUT2D eigenvalue weighted by molar-refractivity contribution is 5.24. The van der Waals surface area contributed by atoms with E-state index < -0.39 is 0 Å². The van der Waals surface area contributed by atoms with E-state index in [1.807, 2.05) is 13.8 Å². The van der Waals surface area contributed by atoms with Crippen LogP contribution in [-0.2, 0) is 0 Å². The van der Waals surface area contributed by atoms with Gasteiger partial charge in [0.25, 0.3) is 0 Å². The van der Waals surface area contributed by atoms with E-state index in [0.717, 1.165) is 31.1 Å². The molecule has 1 saturated heterocycles. The Labute approximate surface area is 116 Å². The summed E-state index contributed by atoms with van der Waals surface area (Å²) in [6, 6.07) is 0.956. The Morgan fingerprint density at radius 1 is 1.32 bits per heavy atom. The molecule has 0 amide bonds. The van der Waals surface area contributed by atoms with E-state index in [1.54, 1.807) is 0 Å². The topological polar surface area (TPSA) is 41.3 Å². The smallest absolute Gasteiger partial charge is 0.138 e. The van der Waals surface area contributed by atoms with E-state index in [4.69, 9.17) is 4.52 Å². The van der Waals surface area contributed by atoms with E-state index in [2.05, 4.69) is 36.1 Å². The number of hydrogen-bond donors (Lipinski definition) is 1. The zero-order chi connectivity index (χ0) is 14.0. The van der Waals surface area contributed by atoms with Gasteiger partial charge in [-0.3, -0.25) is 4.90 Å². The predicted octanol–water partition coefficient (Wildman–Crippen LogP) is 2.67. The van der Waals surface area contributed by atoms with Crippen molar-refractivity contribution in [2.75, 3.05) is 19.6 Å². The highest BCUT2D eigenvalue weighted by Gasteiger charge is 2.27. The maximum atomic E-state index is 5.32. The average molecular weight is 265 g/mol. The molecule has 1 aliphatic rings. The Balaban J connectivity index is 2.15. The van der Waals surface area contributed by atoms with Crippen molar-refractivity contribution in [3.63, 3.8) is 0 Å². The van der Waals surface area contributed by atoms with E-state index in [-0.39, 0.29) is 0 Å². The highest BCUT2D eigenvalue weighted by atomic mass is 16.5. The zero-order valence-corrected chi connectivity index (χ0v) is 12.9. The van der Waals surface area contributed by atoms with Crippen LogP contribution >= 0.6 is 0 Å². The second-order valence-electron chi connectivity index (χ2n) is 6.07. The first-order valence-electron chi connectivity index (χ1n) is 7.41. The summed E-state index contributed by atoms with van der Waals surface area (Å²) in [4.78, 5) is 2.57. The van der Waals surface area contributed by atoms with Gasteiger partial charge in [-0.05, 0) is 39.7 Å². The molecule has 0 bridgehead atoms. The van der Waals surface area contributed by atoms with Crippen LogP contribution in [0.1, 0.15) is 50.3 Å². The summed E-state index contributed by atoms with van der Waals surface area (Å²) >= 11 is 0. The van der Waals surface area contributed by atoms with Crippen LogP contribution in [0.5, 0.6) is 0 Å². The number of nitrogens with zero attached hydrogens (tertiary/aromatic N) is 2. The fourth-order valence-electron chi connectivity index (χ4n) is 3.05. The van der Waals surface area contributed by atoms with Crippen LogP contribution in [0, 0.1) is 19.8 Å². The van der Waals surface area contributed by atoms with Crippen LogP contribution in [0.2, 0.25) is 0 Å². The lowest BCUT2D eigenvalue weighted by molar-refractivity contribution is 0.191. The van der Waals surface area contributed by atoms with Crippen molar-refractivity contribution in [1.29, 1.82) is 0 Å². The summed E-state index contributed by atoms with van der Waals surface area (Å²) < 4.78 is 5.32. The van der Waals surface area contributed by atoms with Crippen LogP contribution < -0.4 is 5.32 Å². The third kappa shape index (κ3) is 3.18. The lowest BCUT2D eigenvalue weighted by Gasteiger charge is -2.31. The number of rotatable bonds is 3. The lowest BCUT2D eigenvalue weighted by atomic mass is 10.0. The second-order valence-corrected chi connectivity index (χ2v) is 6.07. The summed E-state index contributed by atoms with van der Waals surface area (Å²) in [6.07, 6.45) is 1.21. The van der Waals surface area contributed by atoms with Gasteiger partial charge in [-0.15, -0.1) is 0 Å². The minimum absolute atomic E-state index is 0.382. The van der Waals surface area contributed by atoms with E-state index in [0.29, 0.717) is 18.0 Å². The van der Waals surface area contributed by atoms with Crippen molar-refractivity contribution in [1.82, 2.24) is 15.4 Å². The first-order chi connectivity index (χ1) is 9.00. The fourth-order valence-corrected chi connectivity index (χ4v) is 3.05. The quantitative estimate of drug-likeness (QED) is 0.912. The Morgan fingerprint density at radius 2 is 2.05 bits per heavy atom. The minimum Gasteiger partial charge on any atom is -0.361 e. The third-order valence-electron chi connectivity index (χ3n) is 4.32. The highest BCUT2D eigenvalue weighted by Crippen LogP contribution is 2.27. The summed E-state index contributed by atoms with van der Waals surface area (Å²) in [6.45, 7) is 14.3. The normalized spacial score (nSPS) is 23.6. The van der Waals surface area contributed by atoms with Gasteiger partial charge < -0.3 is 9.84 Å². The molecule has 2 atom stereocenters. The largest absolute Gasteiger partial charge is 0.361 e. The molecule has 1 N–H and O–H groups in total. The Bertz CT molecular complexity index is 394. The SMILES string of the molecule is Cc1noc(C)c1C(C)N1CCCNC(C(C)C)C1. The first-order valence-corrected chi connectivity index (χ1v) is 7.41. The Morgan fingerprint density at radius 3 is 2.63 bits per heavy atom. The molecule has 1 aromatic rings. The van der Waals surface area contributed by atoms with Crippen molar-refractivity contribution >= 4 is 0 Å². The van der Waals surface area contributed by atoms with Gasteiger partial charge in [-0.2, -0.15) is 0 Å². The molecule has 0 aliphatic carbocycles. The maximum absolute atomic E-state index is 5.32. The van der Waals surface area contributed by atoms with Crippen molar-refractivity contribution in [3.05, 3.63) is 17.0 Å². The summed E-state index contributed by atoms with van der Waals surface area (Å²) in [5.74, 6) is 1.63. The third-order valence-corrected chi connectivity index (χ3v) is 4.32. The van der Waals surface area contributed by atoms with Gasteiger partial charge in [-0.25, -0.2) is 0 Å². The molecule has 2 rings (SSSR count). The molecule has 0 spiro atoms. The number of aromatic nitrogens is 1. The molecular formula is C15H27N3O. The number of nitrogens with one attached hydrogen (secondary N) is 1. The standard InChI is InChI=1S/C15H27N3O/c1-10(2)14-9-18(8-6-7-16-14)12(4)15-11(3)17-19-13(15)5/h10,12,14,16H,6-9H2,1-5H3. The van der Waals surface area contributed by atoms with Crippen LogP contribution in [0.4, 0.5) is 0 Å². The molecule has 2 heterocycles. The minimum atomic E-state index is 0.382. The molecule has 4 heteroatoms. The van der Waals surface area contributed by atoms with E-state index >= 15 is 0 Å². The van der Waals surface area contributed by atoms with Crippen molar-refractivity contribution in [2.45, 2.75) is 53.1 Å². The van der Waals surface area contributed by atoms with Gasteiger partial charge in [0.2, 0.25) is 0 Å². The monoisotopic (exact) mass is 265 g/mol. The average Bonchev–Trinajstić information content (AvgIpc) is 2.58. The molecule has 1 fully saturated rings. The molecule has 1 aliphatic heterocycles. The summed E-state index contributed by atoms with van der Waals surface area (Å²) in [5.41, 5.74) is 2.30. The molecule has 2 unspecified atom stereocenters. The van der Waals surface area contributed by atoms with Gasteiger partial charge in [0.05, 0.1) is 5.69 Å². The van der Waals surface area contributed by atoms with Gasteiger partial charge in [0, 0.05) is 30.7 Å². The fraction of sp³-hybridized carbons (Fsp3) is 0.800. The lowest BCUT2D eigenvalue weighted by Crippen LogP contribution is -2.42. The van der Waals surface area contributed by atoms with E-state index in [9.17, 15) is 0 Å². The van der Waals surface area contributed by atoms with Crippen LogP contribution in [0.15, 0.2) is 4.52 Å². The molecule has 4 nitrogen and oxygen atoms in total. The summed E-state index contributed by atoms with van der Waals surface area (Å²) in [7, 11) is 0. The molecule has 108 valence electrons. The van der Waals surface area contributed by atoms with Crippen molar-refractivity contribution in [3.8, 4) is 0 Å². The van der Waals surface area contributed by atoms with E-state index in [1.165, 1.54) is 12.0 Å². The van der Waals surface area contributed by atoms with Crippen molar-refractivity contribution in [2.24, 2.45) is 5.92 Å². The molecule has 0 aromatic carbocycles. The van der Waals surface area contributed by atoms with Gasteiger partial charge in [-0.1, -0.05) is 19.0 Å². The molecule has 1 aromatic heterocycles. The Hall–Kier alpha value is -0.870. The van der Waals surface area contributed by atoms with Gasteiger partial charge >= 0.3 is 0 Å². The maximum Gasteiger partial charge on any atom is 0.138 e. The molecule has 19 heavy (non-hydrogen) atoms. The van der Waals surface area contributed by atoms with Crippen LogP contribution in [0.25, 0.3) is 0 Å². The molecule has 0 radical (unpaired) electrons. The molecule has 0 saturated carbocycles.